The van der Waals surface area contributed by atoms with Crippen LogP contribution in [0.4, 0.5) is 4.39 Å². The van der Waals surface area contributed by atoms with Crippen LogP contribution in [0.5, 0.6) is 0 Å². The van der Waals surface area contributed by atoms with Crippen LogP contribution in [0.1, 0.15) is 24.4 Å². The first-order chi connectivity index (χ1) is 10.7. The molecular formula is C17H24ClFN2O2. The highest BCUT2D eigenvalue weighted by Crippen LogP contribution is 2.23. The zero-order chi connectivity index (χ0) is 15.8. The van der Waals surface area contributed by atoms with Crippen LogP contribution >= 0.6 is 12.4 Å². The van der Waals surface area contributed by atoms with E-state index in [9.17, 15) is 9.18 Å². The maximum Gasteiger partial charge on any atom is 0.223 e. The first kappa shape index (κ1) is 19.6. The summed E-state index contributed by atoms with van der Waals surface area (Å²) < 4.78 is 18.7. The zero-order valence-electron chi connectivity index (χ0n) is 13.2. The molecule has 0 radical (unpaired) electrons. The summed E-state index contributed by atoms with van der Waals surface area (Å²) in [5.74, 6) is -0.175. The van der Waals surface area contributed by atoms with Gasteiger partial charge >= 0.3 is 0 Å². The van der Waals surface area contributed by atoms with Crippen LogP contribution in [0.2, 0.25) is 0 Å². The van der Waals surface area contributed by atoms with E-state index in [-0.39, 0.29) is 30.2 Å². The summed E-state index contributed by atoms with van der Waals surface area (Å²) in [4.78, 5) is 14.3. The molecule has 1 N–H and O–H groups in total. The Balaban J connectivity index is 0.00000264. The fourth-order valence-electron chi connectivity index (χ4n) is 2.65. The lowest BCUT2D eigenvalue weighted by atomic mass is 10.0. The second-order valence-corrected chi connectivity index (χ2v) is 5.33. The second-order valence-electron chi connectivity index (χ2n) is 5.33. The number of hydrogen-bond donors (Lipinski definition) is 1. The van der Waals surface area contributed by atoms with E-state index in [1.54, 1.807) is 12.1 Å². The highest BCUT2D eigenvalue weighted by atomic mass is 35.5. The number of hydrogen-bond acceptors (Lipinski definition) is 3. The van der Waals surface area contributed by atoms with Gasteiger partial charge in [0, 0.05) is 32.7 Å². The Kier molecular flexibility index (Phi) is 8.84. The molecule has 23 heavy (non-hydrogen) atoms. The van der Waals surface area contributed by atoms with Crippen LogP contribution in [0.25, 0.3) is 0 Å². The van der Waals surface area contributed by atoms with E-state index < -0.39 is 0 Å². The molecule has 0 aliphatic carbocycles. The normalized spacial score (nSPS) is 17.4. The summed E-state index contributed by atoms with van der Waals surface area (Å²) >= 11 is 0. The molecule has 1 amide bonds. The largest absolute Gasteiger partial charge is 0.377 e. The van der Waals surface area contributed by atoms with Crippen molar-refractivity contribution in [1.29, 1.82) is 0 Å². The Morgan fingerprint density at radius 1 is 1.52 bits per heavy atom. The smallest absolute Gasteiger partial charge is 0.223 e. The van der Waals surface area contributed by atoms with Gasteiger partial charge in [-0.3, -0.25) is 4.79 Å². The number of benzene rings is 1. The van der Waals surface area contributed by atoms with Crippen molar-refractivity contribution in [3.05, 3.63) is 48.3 Å². The average molecular weight is 343 g/mol. The van der Waals surface area contributed by atoms with Crippen molar-refractivity contribution in [2.75, 3.05) is 32.8 Å². The van der Waals surface area contributed by atoms with E-state index in [0.717, 1.165) is 12.1 Å². The standard InChI is InChI=1S/C17H23FN2O2.ClH/c1-2-10-22-11-4-7-17(21)20-9-8-19-13-16(20)14-5-3-6-15(18)12-14;/h2-3,5-6,12,16,19H,1,4,7-11,13H2;1H. The maximum absolute atomic E-state index is 13.4. The fourth-order valence-corrected chi connectivity index (χ4v) is 2.65. The van der Waals surface area contributed by atoms with Crippen molar-refractivity contribution in [3.63, 3.8) is 0 Å². The molecule has 128 valence electrons. The SMILES string of the molecule is C=CCOCCCC(=O)N1CCNCC1c1cccc(F)c1.Cl. The molecule has 1 fully saturated rings. The number of rotatable bonds is 7. The molecule has 4 nitrogen and oxygen atoms in total. The molecule has 1 atom stereocenters. The minimum Gasteiger partial charge on any atom is -0.377 e. The van der Waals surface area contributed by atoms with E-state index in [1.165, 1.54) is 12.1 Å². The number of amides is 1. The van der Waals surface area contributed by atoms with E-state index in [1.807, 2.05) is 11.0 Å². The van der Waals surface area contributed by atoms with Crippen LogP contribution in [-0.2, 0) is 9.53 Å². The monoisotopic (exact) mass is 342 g/mol. The van der Waals surface area contributed by atoms with Gasteiger partial charge in [-0.2, -0.15) is 0 Å². The van der Waals surface area contributed by atoms with Gasteiger partial charge in [-0.1, -0.05) is 18.2 Å². The van der Waals surface area contributed by atoms with Crippen LogP contribution in [0.15, 0.2) is 36.9 Å². The fraction of sp³-hybridized carbons (Fsp3) is 0.471. The maximum atomic E-state index is 13.4. The first-order valence-electron chi connectivity index (χ1n) is 7.66. The molecular weight excluding hydrogens is 319 g/mol. The van der Waals surface area contributed by atoms with Gasteiger partial charge in [-0.15, -0.1) is 19.0 Å². The predicted octanol–water partition coefficient (Wildman–Crippen LogP) is 2.70. The summed E-state index contributed by atoms with van der Waals surface area (Å²) in [5.41, 5.74) is 0.837. The molecule has 1 saturated heterocycles. The van der Waals surface area contributed by atoms with Crippen molar-refractivity contribution < 1.29 is 13.9 Å². The Hall–Kier alpha value is -1.43. The number of carbonyl (C=O) groups excluding carboxylic acids is 1. The number of ether oxygens (including phenoxy) is 1. The third-order valence-electron chi connectivity index (χ3n) is 3.71. The van der Waals surface area contributed by atoms with E-state index in [2.05, 4.69) is 11.9 Å². The predicted molar refractivity (Wildman–Crippen MR) is 91.2 cm³/mol. The second kappa shape index (κ2) is 10.4. The van der Waals surface area contributed by atoms with Crippen LogP contribution < -0.4 is 5.32 Å². The number of nitrogens with zero attached hydrogens (tertiary/aromatic N) is 1. The highest BCUT2D eigenvalue weighted by Gasteiger charge is 2.27. The third kappa shape index (κ3) is 5.94. The quantitative estimate of drug-likeness (QED) is 0.612. The van der Waals surface area contributed by atoms with Crippen LogP contribution in [-0.4, -0.2) is 43.7 Å². The van der Waals surface area contributed by atoms with Crippen molar-refractivity contribution in [2.45, 2.75) is 18.9 Å². The molecule has 1 heterocycles. The van der Waals surface area contributed by atoms with Gasteiger partial charge in [0.25, 0.3) is 0 Å². The van der Waals surface area contributed by atoms with Gasteiger partial charge in [-0.25, -0.2) is 4.39 Å². The summed E-state index contributed by atoms with van der Waals surface area (Å²) in [5, 5.41) is 3.27. The Bertz CT molecular complexity index is 513. The molecule has 0 bridgehead atoms. The Labute approximate surface area is 143 Å². The van der Waals surface area contributed by atoms with Crippen LogP contribution in [0, 0.1) is 5.82 Å². The number of piperazine rings is 1. The number of halogens is 2. The van der Waals surface area contributed by atoms with Gasteiger partial charge in [0.1, 0.15) is 5.82 Å². The number of carbonyl (C=O) groups is 1. The van der Waals surface area contributed by atoms with Crippen molar-refractivity contribution >= 4 is 18.3 Å². The summed E-state index contributed by atoms with van der Waals surface area (Å²) in [6.45, 7) is 6.71. The van der Waals surface area contributed by atoms with Crippen molar-refractivity contribution in [2.24, 2.45) is 0 Å². The molecule has 0 saturated carbocycles. The topological polar surface area (TPSA) is 41.6 Å². The molecule has 1 aromatic carbocycles. The van der Waals surface area contributed by atoms with Gasteiger partial charge < -0.3 is 15.0 Å². The highest BCUT2D eigenvalue weighted by molar-refractivity contribution is 5.85. The molecule has 0 spiro atoms. The molecule has 2 rings (SSSR count). The van der Waals surface area contributed by atoms with Crippen molar-refractivity contribution in [3.8, 4) is 0 Å². The summed E-state index contributed by atoms with van der Waals surface area (Å²) in [6, 6.07) is 6.37. The molecule has 6 heteroatoms. The zero-order valence-corrected chi connectivity index (χ0v) is 14.0. The minimum atomic E-state index is -0.270. The lowest BCUT2D eigenvalue weighted by Crippen LogP contribution is -2.48. The van der Waals surface area contributed by atoms with E-state index in [0.29, 0.717) is 39.1 Å². The van der Waals surface area contributed by atoms with E-state index in [4.69, 9.17) is 4.74 Å². The summed E-state index contributed by atoms with van der Waals surface area (Å²) in [7, 11) is 0. The van der Waals surface area contributed by atoms with Gasteiger partial charge in [0.2, 0.25) is 5.91 Å². The molecule has 0 aromatic heterocycles. The molecule has 1 unspecified atom stereocenters. The van der Waals surface area contributed by atoms with Gasteiger partial charge in [0.15, 0.2) is 0 Å². The number of nitrogens with one attached hydrogen (secondary N) is 1. The average Bonchev–Trinajstić information content (AvgIpc) is 2.54. The van der Waals surface area contributed by atoms with Gasteiger partial charge in [-0.05, 0) is 24.1 Å². The Morgan fingerprint density at radius 2 is 2.35 bits per heavy atom. The van der Waals surface area contributed by atoms with E-state index >= 15 is 0 Å². The first-order valence-corrected chi connectivity index (χ1v) is 7.66. The Morgan fingerprint density at radius 3 is 3.09 bits per heavy atom. The summed E-state index contributed by atoms with van der Waals surface area (Å²) in [6.07, 6.45) is 2.83. The molecule has 1 aromatic rings. The van der Waals surface area contributed by atoms with Crippen LogP contribution in [0.3, 0.4) is 0 Å². The lowest BCUT2D eigenvalue weighted by Gasteiger charge is -2.36. The lowest BCUT2D eigenvalue weighted by molar-refractivity contribution is -0.134. The molecule has 1 aliphatic rings. The molecule has 1 aliphatic heterocycles. The van der Waals surface area contributed by atoms with Crippen molar-refractivity contribution in [1.82, 2.24) is 10.2 Å². The minimum absolute atomic E-state index is 0. The van der Waals surface area contributed by atoms with Gasteiger partial charge in [0.05, 0.1) is 12.6 Å². The third-order valence-corrected chi connectivity index (χ3v) is 3.71.